The summed E-state index contributed by atoms with van der Waals surface area (Å²) < 4.78 is 39.4. The number of rotatable bonds is 7. The summed E-state index contributed by atoms with van der Waals surface area (Å²) in [6.45, 7) is 3.77. The number of likely N-dealkylation sites (tertiary alicyclic amines) is 1. The maximum Gasteiger partial charge on any atom is 0.240 e. The second-order valence-electron chi connectivity index (χ2n) is 8.58. The summed E-state index contributed by atoms with van der Waals surface area (Å²) >= 11 is 0. The molecule has 7 nitrogen and oxygen atoms in total. The molecule has 3 heterocycles. The maximum atomic E-state index is 12.5. The summed E-state index contributed by atoms with van der Waals surface area (Å²) in [5.74, 6) is 0.776. The molecule has 0 unspecified atom stereocenters. The van der Waals surface area contributed by atoms with Gasteiger partial charge in [-0.3, -0.25) is 4.90 Å². The van der Waals surface area contributed by atoms with Crippen LogP contribution in [-0.4, -0.2) is 49.8 Å². The highest BCUT2D eigenvalue weighted by molar-refractivity contribution is 7.89. The molecule has 32 heavy (non-hydrogen) atoms. The Morgan fingerprint density at radius 3 is 2.62 bits per heavy atom. The highest BCUT2D eigenvalue weighted by Crippen LogP contribution is 2.33. The number of benzene rings is 2. The minimum atomic E-state index is -3.52. The predicted molar refractivity (Wildman–Crippen MR) is 120 cm³/mol. The molecule has 0 amide bonds. The number of nitrogens with zero attached hydrogens (tertiary/aromatic N) is 2. The van der Waals surface area contributed by atoms with E-state index in [1.165, 1.54) is 0 Å². The molecular weight excluding hydrogens is 426 g/mol. The molecule has 0 aliphatic carbocycles. The zero-order valence-corrected chi connectivity index (χ0v) is 18.8. The Morgan fingerprint density at radius 1 is 1.09 bits per heavy atom. The summed E-state index contributed by atoms with van der Waals surface area (Å²) in [4.78, 5) is 2.64. The van der Waals surface area contributed by atoms with E-state index < -0.39 is 10.0 Å². The predicted octanol–water partition coefficient (Wildman–Crippen LogP) is 3.36. The van der Waals surface area contributed by atoms with Crippen LogP contribution in [0, 0.1) is 6.92 Å². The van der Waals surface area contributed by atoms with E-state index >= 15 is 0 Å². The average molecular weight is 454 g/mol. The van der Waals surface area contributed by atoms with Crippen LogP contribution in [0.5, 0.6) is 0 Å². The molecule has 0 spiro atoms. The molecule has 3 atom stereocenters. The van der Waals surface area contributed by atoms with Crippen molar-refractivity contribution in [2.75, 3.05) is 13.1 Å². The summed E-state index contributed by atoms with van der Waals surface area (Å²) in [6, 6.07) is 19.2. The first-order valence-corrected chi connectivity index (χ1v) is 12.4. The smallest absolute Gasteiger partial charge is 0.240 e. The SMILES string of the molecule is Cc1ccc(S(=O)(=O)NC[C@@H]2CC[C@@H]3[C@@H](CN3Cc3cc(-c4ccccc4)on3)O2)cc1. The fourth-order valence-electron chi connectivity index (χ4n) is 4.43. The van der Waals surface area contributed by atoms with Gasteiger partial charge in [-0.15, -0.1) is 0 Å². The van der Waals surface area contributed by atoms with Crippen molar-refractivity contribution in [1.29, 1.82) is 0 Å². The Labute approximate surface area is 188 Å². The summed E-state index contributed by atoms with van der Waals surface area (Å²) in [7, 11) is -3.52. The largest absolute Gasteiger partial charge is 0.371 e. The maximum absolute atomic E-state index is 12.5. The van der Waals surface area contributed by atoms with Gasteiger partial charge in [-0.2, -0.15) is 0 Å². The molecular formula is C24H27N3O4S. The van der Waals surface area contributed by atoms with Gasteiger partial charge in [-0.1, -0.05) is 53.2 Å². The van der Waals surface area contributed by atoms with Gasteiger partial charge in [0.25, 0.3) is 0 Å². The molecule has 2 fully saturated rings. The van der Waals surface area contributed by atoms with Crippen molar-refractivity contribution in [2.45, 2.75) is 49.5 Å². The third-order valence-corrected chi connectivity index (χ3v) is 7.72. The van der Waals surface area contributed by atoms with E-state index in [1.54, 1.807) is 24.3 Å². The lowest BCUT2D eigenvalue weighted by Gasteiger charge is -2.52. The standard InChI is InChI=1S/C24H27N3O4S/c1-17-7-10-21(11-8-17)32(28,29)25-14-20-9-12-22-24(30-20)16-27(22)15-19-13-23(31-26-19)18-5-3-2-4-6-18/h2-8,10-11,13,20,22,24-25H,9,12,14-16H2,1H3/t20-,22+,24+/m0/s1. The molecule has 5 rings (SSSR count). The van der Waals surface area contributed by atoms with Crippen molar-refractivity contribution >= 4 is 10.0 Å². The lowest BCUT2D eigenvalue weighted by Crippen LogP contribution is -2.64. The van der Waals surface area contributed by atoms with E-state index in [2.05, 4.69) is 14.8 Å². The number of ether oxygens (including phenoxy) is 1. The number of fused-ring (bicyclic) bond motifs is 1. The number of hydrogen-bond donors (Lipinski definition) is 1. The van der Waals surface area contributed by atoms with Gasteiger partial charge < -0.3 is 9.26 Å². The van der Waals surface area contributed by atoms with Gasteiger partial charge in [0.1, 0.15) is 0 Å². The van der Waals surface area contributed by atoms with Gasteiger partial charge in [0, 0.05) is 37.3 Å². The van der Waals surface area contributed by atoms with Crippen LogP contribution in [0.25, 0.3) is 11.3 Å². The van der Waals surface area contributed by atoms with E-state index in [4.69, 9.17) is 9.26 Å². The summed E-state index contributed by atoms with van der Waals surface area (Å²) in [5.41, 5.74) is 2.96. The number of hydrogen-bond acceptors (Lipinski definition) is 6. The molecule has 2 aliphatic heterocycles. The molecule has 0 radical (unpaired) electrons. The fourth-order valence-corrected chi connectivity index (χ4v) is 5.49. The van der Waals surface area contributed by atoms with Crippen LogP contribution in [0.3, 0.4) is 0 Å². The minimum Gasteiger partial charge on any atom is -0.371 e. The molecule has 1 N–H and O–H groups in total. The molecule has 1 aromatic heterocycles. The van der Waals surface area contributed by atoms with Gasteiger partial charge in [0.05, 0.1) is 22.8 Å². The van der Waals surface area contributed by atoms with Gasteiger partial charge >= 0.3 is 0 Å². The van der Waals surface area contributed by atoms with E-state index in [0.717, 1.165) is 48.5 Å². The van der Waals surface area contributed by atoms with Crippen LogP contribution in [0.2, 0.25) is 0 Å². The summed E-state index contributed by atoms with van der Waals surface area (Å²) in [6.07, 6.45) is 1.83. The Bertz CT molecular complexity index is 1160. The van der Waals surface area contributed by atoms with Crippen molar-refractivity contribution in [2.24, 2.45) is 0 Å². The van der Waals surface area contributed by atoms with Crippen molar-refractivity contribution < 1.29 is 17.7 Å². The van der Waals surface area contributed by atoms with Crippen LogP contribution >= 0.6 is 0 Å². The third kappa shape index (κ3) is 4.49. The molecule has 3 aromatic rings. The van der Waals surface area contributed by atoms with Crippen molar-refractivity contribution in [3.8, 4) is 11.3 Å². The van der Waals surface area contributed by atoms with Crippen molar-refractivity contribution in [1.82, 2.24) is 14.8 Å². The quantitative estimate of drug-likeness (QED) is 0.591. The Morgan fingerprint density at radius 2 is 1.88 bits per heavy atom. The molecule has 2 aromatic carbocycles. The third-order valence-electron chi connectivity index (χ3n) is 6.28. The number of nitrogens with one attached hydrogen (secondary N) is 1. The van der Waals surface area contributed by atoms with Crippen LogP contribution in [-0.2, 0) is 21.3 Å². The lowest BCUT2D eigenvalue weighted by atomic mass is 9.89. The number of aromatic nitrogens is 1. The van der Waals surface area contributed by atoms with E-state index in [0.29, 0.717) is 12.6 Å². The van der Waals surface area contributed by atoms with E-state index in [-0.39, 0.29) is 17.1 Å². The Balaban J connectivity index is 1.11. The molecule has 2 saturated heterocycles. The molecule has 0 bridgehead atoms. The number of sulfonamides is 1. The van der Waals surface area contributed by atoms with Crippen LogP contribution < -0.4 is 4.72 Å². The monoisotopic (exact) mass is 453 g/mol. The van der Waals surface area contributed by atoms with Crippen LogP contribution in [0.4, 0.5) is 0 Å². The first-order valence-electron chi connectivity index (χ1n) is 10.9. The van der Waals surface area contributed by atoms with Crippen molar-refractivity contribution in [3.05, 3.63) is 71.9 Å². The average Bonchev–Trinajstić information content (AvgIpc) is 3.26. The van der Waals surface area contributed by atoms with Gasteiger partial charge in [-0.05, 0) is 31.9 Å². The lowest BCUT2D eigenvalue weighted by molar-refractivity contribution is -0.168. The molecule has 168 valence electrons. The van der Waals surface area contributed by atoms with Gasteiger partial charge in [-0.25, -0.2) is 13.1 Å². The van der Waals surface area contributed by atoms with Crippen LogP contribution in [0.15, 0.2) is 70.1 Å². The normalized spacial score (nSPS) is 23.5. The second-order valence-corrected chi connectivity index (χ2v) is 10.4. The van der Waals surface area contributed by atoms with Gasteiger partial charge in [0.15, 0.2) is 5.76 Å². The first-order chi connectivity index (χ1) is 15.5. The molecule has 0 saturated carbocycles. The molecule has 8 heteroatoms. The first kappa shape index (κ1) is 21.3. The van der Waals surface area contributed by atoms with Crippen molar-refractivity contribution in [3.63, 3.8) is 0 Å². The summed E-state index contributed by atoms with van der Waals surface area (Å²) in [5, 5.41) is 4.22. The van der Waals surface area contributed by atoms with Gasteiger partial charge in [0.2, 0.25) is 10.0 Å². The highest BCUT2D eigenvalue weighted by Gasteiger charge is 2.44. The minimum absolute atomic E-state index is 0.102. The zero-order valence-electron chi connectivity index (χ0n) is 18.0. The Kier molecular flexibility index (Phi) is 5.86. The van der Waals surface area contributed by atoms with E-state index in [1.807, 2.05) is 43.3 Å². The Hall–Kier alpha value is -2.52. The zero-order chi connectivity index (χ0) is 22.1. The number of aryl methyl sites for hydroxylation is 1. The fraction of sp³-hybridized carbons (Fsp3) is 0.375. The van der Waals surface area contributed by atoms with Crippen LogP contribution in [0.1, 0.15) is 24.1 Å². The topological polar surface area (TPSA) is 84.7 Å². The molecule has 2 aliphatic rings. The van der Waals surface area contributed by atoms with E-state index in [9.17, 15) is 8.42 Å². The second kappa shape index (κ2) is 8.78. The highest BCUT2D eigenvalue weighted by atomic mass is 32.2.